The van der Waals surface area contributed by atoms with Crippen molar-refractivity contribution in [1.82, 2.24) is 0 Å². The molecule has 0 aromatic carbocycles. The van der Waals surface area contributed by atoms with Crippen LogP contribution in [0.2, 0.25) is 0 Å². The van der Waals surface area contributed by atoms with E-state index in [-0.39, 0.29) is 6.10 Å². The topological polar surface area (TPSA) is 33.9 Å². The van der Waals surface area contributed by atoms with E-state index in [1.165, 1.54) is 69.5 Å². The Morgan fingerprint density at radius 2 is 1.65 bits per heavy atom. The zero-order valence-corrected chi connectivity index (χ0v) is 15.3. The number of nitrogens with one attached hydrogen (secondary N) is 1. The second-order valence-electron chi connectivity index (χ2n) is 8.96. The van der Waals surface area contributed by atoms with Crippen molar-refractivity contribution in [2.45, 2.75) is 51.0 Å². The van der Waals surface area contributed by atoms with Crippen molar-refractivity contribution in [3.8, 4) is 0 Å². The van der Waals surface area contributed by atoms with Gasteiger partial charge in [-0.1, -0.05) is 0 Å². The quantitative estimate of drug-likeness (QED) is 0.691. The highest BCUT2D eigenvalue weighted by atomic mass is 32.2. The second-order valence-corrected chi connectivity index (χ2v) is 10.2. The Morgan fingerprint density at radius 1 is 1.04 bits per heavy atom. The molecule has 5 aliphatic rings. The van der Waals surface area contributed by atoms with Crippen LogP contribution in [0.15, 0.2) is 0 Å². The smallest absolute Gasteiger partial charge is 0.126 e. The summed E-state index contributed by atoms with van der Waals surface area (Å²) in [5.41, 5.74) is 0.620. The van der Waals surface area contributed by atoms with Gasteiger partial charge in [-0.15, -0.1) is 0 Å². The average Bonchev–Trinajstić information content (AvgIpc) is 2.51. The van der Waals surface area contributed by atoms with Crippen LogP contribution >= 0.6 is 11.8 Å². The lowest BCUT2D eigenvalue weighted by atomic mass is 9.49. The first-order valence-electron chi connectivity index (χ1n) is 9.88. The summed E-state index contributed by atoms with van der Waals surface area (Å²) >= 11 is 2.04. The van der Waals surface area contributed by atoms with Crippen LogP contribution in [0, 0.1) is 23.2 Å². The summed E-state index contributed by atoms with van der Waals surface area (Å²) in [7, 11) is 0. The van der Waals surface area contributed by atoms with Crippen molar-refractivity contribution in [1.29, 1.82) is 0 Å². The molecule has 4 aliphatic carbocycles. The summed E-state index contributed by atoms with van der Waals surface area (Å²) < 4.78 is 5.91. The highest BCUT2D eigenvalue weighted by Crippen LogP contribution is 2.61. The van der Waals surface area contributed by atoms with Crippen LogP contribution in [0.4, 0.5) is 0 Å². The van der Waals surface area contributed by atoms with E-state index in [1.807, 2.05) is 11.8 Å². The average molecular weight is 341 g/mol. The van der Waals surface area contributed by atoms with Gasteiger partial charge in [-0.2, -0.15) is 11.8 Å². The minimum Gasteiger partial charge on any atom is -0.385 e. The van der Waals surface area contributed by atoms with Crippen molar-refractivity contribution in [3.05, 3.63) is 0 Å². The van der Waals surface area contributed by atoms with Gasteiger partial charge in [0.05, 0.1) is 19.7 Å². The molecule has 3 nitrogen and oxygen atoms in total. The lowest BCUT2D eigenvalue weighted by molar-refractivity contribution is -0.899. The van der Waals surface area contributed by atoms with Crippen molar-refractivity contribution in [2.75, 3.05) is 44.4 Å². The molecule has 4 saturated carbocycles. The maximum atomic E-state index is 10.2. The minimum absolute atomic E-state index is 0.274. The van der Waals surface area contributed by atoms with Crippen LogP contribution in [0.5, 0.6) is 0 Å². The third-order valence-electron chi connectivity index (χ3n) is 6.98. The third kappa shape index (κ3) is 4.08. The Balaban J connectivity index is 1.16. The van der Waals surface area contributed by atoms with Crippen LogP contribution in [-0.2, 0) is 4.74 Å². The first-order chi connectivity index (χ1) is 11.2. The summed E-state index contributed by atoms with van der Waals surface area (Å²) in [6.45, 7) is 4.69. The predicted molar refractivity (Wildman–Crippen MR) is 94.9 cm³/mol. The molecule has 1 aliphatic heterocycles. The van der Waals surface area contributed by atoms with Gasteiger partial charge < -0.3 is 14.7 Å². The van der Waals surface area contributed by atoms with Crippen LogP contribution in [0.1, 0.15) is 44.9 Å². The first-order valence-corrected chi connectivity index (χ1v) is 11.0. The van der Waals surface area contributed by atoms with E-state index in [0.29, 0.717) is 12.0 Å². The molecule has 1 heterocycles. The summed E-state index contributed by atoms with van der Waals surface area (Å²) in [6.07, 6.45) is 9.96. The molecule has 5 fully saturated rings. The number of hydrogen-bond acceptors (Lipinski definition) is 3. The van der Waals surface area contributed by atoms with Crippen molar-refractivity contribution in [2.24, 2.45) is 23.2 Å². The molecule has 1 saturated heterocycles. The number of rotatable bonds is 7. The molecule has 4 bridgehead atoms. The van der Waals surface area contributed by atoms with Gasteiger partial charge in [0.1, 0.15) is 12.6 Å². The van der Waals surface area contributed by atoms with E-state index < -0.39 is 0 Å². The zero-order chi connectivity index (χ0) is 15.7. The Hall–Kier alpha value is 0.230. The van der Waals surface area contributed by atoms with Gasteiger partial charge in [-0.3, -0.25) is 0 Å². The van der Waals surface area contributed by atoms with Crippen molar-refractivity contribution in [3.63, 3.8) is 0 Å². The van der Waals surface area contributed by atoms with Gasteiger partial charge in [-0.25, -0.2) is 0 Å². The Labute approximate surface area is 145 Å². The molecule has 0 aromatic heterocycles. The fraction of sp³-hybridized carbons (Fsp3) is 1.00. The number of aliphatic hydroxyl groups is 1. The van der Waals surface area contributed by atoms with E-state index >= 15 is 0 Å². The van der Waals surface area contributed by atoms with Gasteiger partial charge in [0, 0.05) is 18.1 Å². The van der Waals surface area contributed by atoms with E-state index in [1.54, 1.807) is 4.90 Å². The van der Waals surface area contributed by atoms with Crippen molar-refractivity contribution < 1.29 is 14.7 Å². The number of aliphatic hydroxyl groups excluding tert-OH is 1. The Morgan fingerprint density at radius 3 is 2.26 bits per heavy atom. The van der Waals surface area contributed by atoms with Crippen molar-refractivity contribution >= 4 is 11.8 Å². The molecule has 0 spiro atoms. The summed E-state index contributed by atoms with van der Waals surface area (Å²) in [5, 5.41) is 10.2. The maximum absolute atomic E-state index is 10.2. The van der Waals surface area contributed by atoms with Gasteiger partial charge in [-0.05, 0) is 68.1 Å². The number of hydrogen-bond donors (Lipinski definition) is 2. The van der Waals surface area contributed by atoms with E-state index in [4.69, 9.17) is 4.74 Å². The molecule has 2 N–H and O–H groups in total. The zero-order valence-electron chi connectivity index (χ0n) is 14.5. The van der Waals surface area contributed by atoms with Crippen LogP contribution in [-0.4, -0.2) is 55.6 Å². The third-order valence-corrected chi connectivity index (χ3v) is 7.96. The summed E-state index contributed by atoms with van der Waals surface area (Å²) in [6, 6.07) is 0. The van der Waals surface area contributed by atoms with Gasteiger partial charge >= 0.3 is 0 Å². The molecule has 0 amide bonds. The summed E-state index contributed by atoms with van der Waals surface area (Å²) in [4.78, 5) is 1.56. The molecule has 0 radical (unpaired) electrons. The molecule has 132 valence electrons. The maximum Gasteiger partial charge on any atom is 0.126 e. The predicted octanol–water partition coefficient (Wildman–Crippen LogP) is 1.60. The molecule has 23 heavy (non-hydrogen) atoms. The first kappa shape index (κ1) is 16.7. The molecular weight excluding hydrogens is 306 g/mol. The van der Waals surface area contributed by atoms with Gasteiger partial charge in [0.2, 0.25) is 0 Å². The number of ether oxygens (including phenoxy) is 1. The van der Waals surface area contributed by atoms with Crippen LogP contribution < -0.4 is 4.90 Å². The Kier molecular flexibility index (Phi) is 5.24. The molecule has 0 unspecified atom stereocenters. The molecule has 0 aromatic rings. The Bertz CT molecular complexity index is 362. The highest BCUT2D eigenvalue weighted by molar-refractivity contribution is 7.99. The standard InChI is InChI=1S/C19H33NO2S/c21-18(13-20-2-5-23-6-3-20)14-22-4-1-19-10-15-7-16(11-19)9-17(8-15)12-19/h15-18,21H,1-14H2/p+1/t15?,16?,17?,18-,19?/m1/s1. The molecule has 4 heteroatoms. The van der Waals surface area contributed by atoms with Gasteiger partial charge in [0.25, 0.3) is 0 Å². The van der Waals surface area contributed by atoms with Crippen LogP contribution in [0.3, 0.4) is 0 Å². The normalized spacial score (nSPS) is 41.3. The highest BCUT2D eigenvalue weighted by Gasteiger charge is 2.50. The molecule has 5 rings (SSSR count). The summed E-state index contributed by atoms with van der Waals surface area (Å²) in [5.74, 6) is 5.59. The second kappa shape index (κ2) is 7.23. The monoisotopic (exact) mass is 340 g/mol. The number of quaternary nitrogens is 1. The lowest BCUT2D eigenvalue weighted by Crippen LogP contribution is -3.14. The van der Waals surface area contributed by atoms with E-state index in [2.05, 4.69) is 0 Å². The lowest BCUT2D eigenvalue weighted by Gasteiger charge is -2.57. The SMILES string of the molecule is O[C@@H](COCCC12CC3CC(CC(C3)C1)C2)C[NH+]1CCSCC1. The number of thioether (sulfide) groups is 1. The minimum atomic E-state index is -0.274. The largest absolute Gasteiger partial charge is 0.385 e. The van der Waals surface area contributed by atoms with Gasteiger partial charge in [0.15, 0.2) is 0 Å². The molecule has 1 atom stereocenters. The fourth-order valence-electron chi connectivity index (χ4n) is 6.36. The fourth-order valence-corrected chi connectivity index (χ4v) is 7.43. The van der Waals surface area contributed by atoms with E-state index in [9.17, 15) is 5.11 Å². The van der Waals surface area contributed by atoms with Crippen LogP contribution in [0.25, 0.3) is 0 Å². The molecular formula is C19H34NO2S+. The van der Waals surface area contributed by atoms with E-state index in [0.717, 1.165) is 30.9 Å².